The molecule has 1 amide bonds. The molecule has 19 heavy (non-hydrogen) atoms. The Bertz CT molecular complexity index is 622. The van der Waals surface area contributed by atoms with E-state index in [0.717, 1.165) is 12.2 Å². The number of nitrogens with one attached hydrogen (secondary N) is 1. The highest BCUT2D eigenvalue weighted by Crippen LogP contribution is 2.22. The average Bonchev–Trinajstić information content (AvgIpc) is 2.86. The summed E-state index contributed by atoms with van der Waals surface area (Å²) in [6.45, 7) is 0. The molecule has 0 spiro atoms. The van der Waals surface area contributed by atoms with Crippen LogP contribution in [-0.4, -0.2) is 27.0 Å². The lowest BCUT2D eigenvalue weighted by Crippen LogP contribution is -2.08. The van der Waals surface area contributed by atoms with E-state index in [0.29, 0.717) is 16.5 Å². The summed E-state index contributed by atoms with van der Waals surface area (Å²) in [6, 6.07) is 5.45. The zero-order chi connectivity index (χ0) is 13.7. The maximum Gasteiger partial charge on any atom is 0.328 e. The molecule has 0 saturated carbocycles. The number of hydrogen-bond donors (Lipinski definition) is 2. The monoisotopic (exact) mass is 275 g/mol. The van der Waals surface area contributed by atoms with Crippen LogP contribution in [0.15, 0.2) is 41.9 Å². The molecule has 6 nitrogen and oxygen atoms in total. The van der Waals surface area contributed by atoms with Crippen LogP contribution in [0.1, 0.15) is 0 Å². The third kappa shape index (κ3) is 3.71. The standard InChI is InChI=1S/C12H9N3O3S/c16-10(4-5-11(17)18)15-12-14-9(7-19-12)8-3-1-2-6-13-8/h1-7H,(H,17,18)(H,14,15,16)/b5-4+. The number of aromatic nitrogens is 2. The van der Waals surface area contributed by atoms with E-state index >= 15 is 0 Å². The van der Waals surface area contributed by atoms with Crippen LogP contribution in [0.25, 0.3) is 11.4 Å². The van der Waals surface area contributed by atoms with Crippen molar-refractivity contribution >= 4 is 28.3 Å². The third-order valence-corrected chi connectivity index (χ3v) is 2.80. The number of carbonyl (C=O) groups is 2. The van der Waals surface area contributed by atoms with Crippen molar-refractivity contribution in [2.24, 2.45) is 0 Å². The molecule has 2 heterocycles. The second-order valence-electron chi connectivity index (χ2n) is 3.41. The van der Waals surface area contributed by atoms with Crippen LogP contribution in [-0.2, 0) is 9.59 Å². The van der Waals surface area contributed by atoms with Crippen LogP contribution in [0.3, 0.4) is 0 Å². The second-order valence-corrected chi connectivity index (χ2v) is 4.27. The number of carboxylic acid groups (broad SMARTS) is 1. The second kappa shape index (κ2) is 5.87. The molecule has 0 atom stereocenters. The van der Waals surface area contributed by atoms with Crippen molar-refractivity contribution in [1.29, 1.82) is 0 Å². The number of thiazole rings is 1. The van der Waals surface area contributed by atoms with Crippen LogP contribution in [0.4, 0.5) is 5.13 Å². The minimum atomic E-state index is -1.18. The van der Waals surface area contributed by atoms with Gasteiger partial charge in [-0.25, -0.2) is 9.78 Å². The van der Waals surface area contributed by atoms with Gasteiger partial charge < -0.3 is 5.11 Å². The number of pyridine rings is 1. The highest BCUT2D eigenvalue weighted by Gasteiger charge is 2.06. The molecule has 0 fully saturated rings. The Labute approximate surface area is 112 Å². The topological polar surface area (TPSA) is 92.2 Å². The molecule has 96 valence electrons. The van der Waals surface area contributed by atoms with Crippen LogP contribution in [0.5, 0.6) is 0 Å². The Kier molecular flexibility index (Phi) is 3.99. The summed E-state index contributed by atoms with van der Waals surface area (Å²) in [7, 11) is 0. The van der Waals surface area contributed by atoms with E-state index in [1.54, 1.807) is 17.6 Å². The van der Waals surface area contributed by atoms with E-state index < -0.39 is 11.9 Å². The average molecular weight is 275 g/mol. The lowest BCUT2D eigenvalue weighted by atomic mass is 10.3. The molecule has 0 aliphatic heterocycles. The van der Waals surface area contributed by atoms with Crippen molar-refractivity contribution in [1.82, 2.24) is 9.97 Å². The largest absolute Gasteiger partial charge is 0.478 e. The predicted octanol–water partition coefficient (Wildman–Crippen LogP) is 1.78. The molecule has 0 radical (unpaired) electrons. The summed E-state index contributed by atoms with van der Waals surface area (Å²) in [5, 5.41) is 13.0. The fourth-order valence-electron chi connectivity index (χ4n) is 1.26. The van der Waals surface area contributed by atoms with Gasteiger partial charge in [0.05, 0.1) is 5.69 Å². The molecule has 2 N–H and O–H groups in total. The van der Waals surface area contributed by atoms with E-state index in [-0.39, 0.29) is 0 Å². The smallest absolute Gasteiger partial charge is 0.328 e. The lowest BCUT2D eigenvalue weighted by molar-refractivity contribution is -0.131. The van der Waals surface area contributed by atoms with Gasteiger partial charge in [-0.3, -0.25) is 15.1 Å². The molecular weight excluding hydrogens is 266 g/mol. The van der Waals surface area contributed by atoms with Gasteiger partial charge >= 0.3 is 5.97 Å². The van der Waals surface area contributed by atoms with Gasteiger partial charge in [-0.2, -0.15) is 0 Å². The minimum Gasteiger partial charge on any atom is -0.478 e. The minimum absolute atomic E-state index is 0.390. The van der Waals surface area contributed by atoms with Crippen molar-refractivity contribution in [2.45, 2.75) is 0 Å². The molecule has 0 aliphatic rings. The van der Waals surface area contributed by atoms with Crippen LogP contribution in [0.2, 0.25) is 0 Å². The van der Waals surface area contributed by atoms with Crippen molar-refractivity contribution in [3.8, 4) is 11.4 Å². The summed E-state index contributed by atoms with van der Waals surface area (Å²) >= 11 is 1.24. The van der Waals surface area contributed by atoms with Gasteiger partial charge in [0.15, 0.2) is 5.13 Å². The maximum atomic E-state index is 11.4. The number of hydrogen-bond acceptors (Lipinski definition) is 5. The van der Waals surface area contributed by atoms with Gasteiger partial charge in [0, 0.05) is 23.7 Å². The number of amides is 1. The van der Waals surface area contributed by atoms with E-state index in [1.807, 2.05) is 12.1 Å². The predicted molar refractivity (Wildman–Crippen MR) is 70.8 cm³/mol. The summed E-state index contributed by atoms with van der Waals surface area (Å²) in [6.07, 6.45) is 3.36. The highest BCUT2D eigenvalue weighted by atomic mass is 32.1. The van der Waals surface area contributed by atoms with Gasteiger partial charge in [0.2, 0.25) is 5.91 Å². The zero-order valence-corrected chi connectivity index (χ0v) is 10.4. The van der Waals surface area contributed by atoms with Crippen LogP contribution in [0, 0.1) is 0 Å². The molecule has 2 aromatic heterocycles. The van der Waals surface area contributed by atoms with E-state index in [1.165, 1.54) is 11.3 Å². The van der Waals surface area contributed by atoms with E-state index in [2.05, 4.69) is 15.3 Å². The molecule has 0 aliphatic carbocycles. The van der Waals surface area contributed by atoms with Gasteiger partial charge in [0.1, 0.15) is 5.69 Å². The molecule has 0 aromatic carbocycles. The van der Waals surface area contributed by atoms with Gasteiger partial charge in [-0.15, -0.1) is 11.3 Å². The fourth-order valence-corrected chi connectivity index (χ4v) is 1.96. The first kappa shape index (κ1) is 12.9. The first-order chi connectivity index (χ1) is 9.15. The molecule has 0 unspecified atom stereocenters. The van der Waals surface area contributed by atoms with Crippen molar-refractivity contribution < 1.29 is 14.7 Å². The SMILES string of the molecule is O=C(O)/C=C/C(=O)Nc1nc(-c2ccccn2)cs1. The Balaban J connectivity index is 2.06. The maximum absolute atomic E-state index is 11.4. The Morgan fingerprint density at radius 3 is 2.79 bits per heavy atom. The molecular formula is C12H9N3O3S. The molecule has 2 aromatic rings. The Morgan fingerprint density at radius 2 is 2.11 bits per heavy atom. The summed E-state index contributed by atoms with van der Waals surface area (Å²) in [4.78, 5) is 29.9. The van der Waals surface area contributed by atoms with Crippen molar-refractivity contribution in [3.63, 3.8) is 0 Å². The molecule has 2 rings (SSSR count). The normalized spacial score (nSPS) is 10.5. The first-order valence-corrected chi connectivity index (χ1v) is 6.12. The van der Waals surface area contributed by atoms with E-state index in [4.69, 9.17) is 5.11 Å². The number of aliphatic carboxylic acids is 1. The van der Waals surface area contributed by atoms with Gasteiger partial charge in [0.25, 0.3) is 0 Å². The zero-order valence-electron chi connectivity index (χ0n) is 9.61. The summed E-state index contributed by atoms with van der Waals surface area (Å²) < 4.78 is 0. The third-order valence-electron chi connectivity index (χ3n) is 2.04. The summed E-state index contributed by atoms with van der Waals surface area (Å²) in [5.41, 5.74) is 1.36. The number of carbonyl (C=O) groups excluding carboxylic acids is 1. The molecule has 7 heteroatoms. The van der Waals surface area contributed by atoms with Crippen molar-refractivity contribution in [3.05, 3.63) is 41.9 Å². The fraction of sp³-hybridized carbons (Fsp3) is 0. The lowest BCUT2D eigenvalue weighted by Gasteiger charge is -1.95. The number of nitrogens with zero attached hydrogens (tertiary/aromatic N) is 2. The summed E-state index contributed by atoms with van der Waals surface area (Å²) in [5.74, 6) is -1.72. The van der Waals surface area contributed by atoms with Gasteiger partial charge in [-0.05, 0) is 12.1 Å². The van der Waals surface area contributed by atoms with Crippen LogP contribution >= 0.6 is 11.3 Å². The number of anilines is 1. The quantitative estimate of drug-likeness (QED) is 0.830. The Hall–Kier alpha value is -2.54. The molecule has 0 bridgehead atoms. The number of rotatable bonds is 4. The first-order valence-electron chi connectivity index (χ1n) is 5.24. The van der Waals surface area contributed by atoms with Crippen LogP contribution < -0.4 is 5.32 Å². The van der Waals surface area contributed by atoms with E-state index in [9.17, 15) is 9.59 Å². The van der Waals surface area contributed by atoms with Gasteiger partial charge in [-0.1, -0.05) is 6.07 Å². The number of carboxylic acids is 1. The highest BCUT2D eigenvalue weighted by molar-refractivity contribution is 7.14. The van der Waals surface area contributed by atoms with Crippen molar-refractivity contribution in [2.75, 3.05) is 5.32 Å². The Morgan fingerprint density at radius 1 is 1.26 bits per heavy atom. The molecule has 0 saturated heterocycles.